The van der Waals surface area contributed by atoms with Gasteiger partial charge in [-0.2, -0.15) is 0 Å². The van der Waals surface area contributed by atoms with Crippen molar-refractivity contribution in [1.29, 1.82) is 0 Å². The van der Waals surface area contributed by atoms with E-state index in [9.17, 15) is 4.79 Å². The third kappa shape index (κ3) is 5.81. The molecule has 23 heavy (non-hydrogen) atoms. The van der Waals surface area contributed by atoms with E-state index in [1.807, 2.05) is 56.7 Å². The number of ether oxygens (including phenoxy) is 1. The largest absolute Gasteiger partial charge is 0.453 e. The maximum absolute atomic E-state index is 12.4. The van der Waals surface area contributed by atoms with Gasteiger partial charge in [-0.15, -0.1) is 23.7 Å². The van der Waals surface area contributed by atoms with Crippen molar-refractivity contribution in [2.75, 3.05) is 20.6 Å². The minimum atomic E-state index is -0.270. The van der Waals surface area contributed by atoms with Gasteiger partial charge in [0.1, 0.15) is 11.0 Å². The lowest BCUT2D eigenvalue weighted by Crippen LogP contribution is -2.19. The molecule has 0 spiro atoms. The molecule has 2 rings (SSSR count). The zero-order chi connectivity index (χ0) is 16.1. The number of benzene rings is 1. The van der Waals surface area contributed by atoms with Crippen LogP contribution in [0, 0.1) is 6.92 Å². The third-order valence-electron chi connectivity index (χ3n) is 3.38. The molecule has 3 nitrogen and oxygen atoms in total. The van der Waals surface area contributed by atoms with Crippen LogP contribution in [-0.4, -0.2) is 31.5 Å². The summed E-state index contributed by atoms with van der Waals surface area (Å²) in [7, 11) is 4.01. The summed E-state index contributed by atoms with van der Waals surface area (Å²) < 4.78 is 5.75. The van der Waals surface area contributed by atoms with Crippen LogP contribution in [0.15, 0.2) is 35.7 Å². The molecule has 1 aromatic heterocycles. The summed E-state index contributed by atoms with van der Waals surface area (Å²) in [4.78, 5) is 15.1. The monoisotopic (exact) mass is 373 g/mol. The Kier molecular flexibility index (Phi) is 8.06. The molecule has 0 aliphatic rings. The Labute approximate surface area is 152 Å². The Morgan fingerprint density at radius 3 is 2.43 bits per heavy atom. The lowest BCUT2D eigenvalue weighted by Gasteiger charge is -2.20. The molecule has 126 valence electrons. The van der Waals surface area contributed by atoms with Crippen molar-refractivity contribution >= 4 is 41.3 Å². The number of esters is 1. The van der Waals surface area contributed by atoms with Crippen molar-refractivity contribution in [2.24, 2.45) is 0 Å². The Balaban J connectivity index is 0.00000264. The summed E-state index contributed by atoms with van der Waals surface area (Å²) in [6.07, 6.45) is 0.471. The quantitative estimate of drug-likeness (QED) is 0.668. The number of halogens is 2. The van der Waals surface area contributed by atoms with E-state index >= 15 is 0 Å². The average Bonchev–Trinajstić information content (AvgIpc) is 2.90. The second-order valence-corrected chi connectivity index (χ2v) is 6.82. The van der Waals surface area contributed by atoms with Crippen molar-refractivity contribution in [3.63, 3.8) is 0 Å². The highest BCUT2D eigenvalue weighted by molar-refractivity contribution is 7.12. The fraction of sp³-hybridized carbons (Fsp3) is 0.353. The van der Waals surface area contributed by atoms with Crippen LogP contribution in [0.5, 0.6) is 0 Å². The lowest BCUT2D eigenvalue weighted by molar-refractivity contribution is 0.0266. The summed E-state index contributed by atoms with van der Waals surface area (Å²) in [6, 6.07) is 9.40. The number of carbonyl (C=O) groups is 1. The van der Waals surface area contributed by atoms with E-state index < -0.39 is 0 Å². The molecule has 6 heteroatoms. The van der Waals surface area contributed by atoms with E-state index in [1.165, 1.54) is 11.3 Å². The summed E-state index contributed by atoms with van der Waals surface area (Å²) in [5.74, 6) is -0.258. The molecule has 0 aliphatic heterocycles. The van der Waals surface area contributed by atoms with Gasteiger partial charge in [-0.3, -0.25) is 0 Å². The molecule has 1 unspecified atom stereocenters. The maximum Gasteiger partial charge on any atom is 0.349 e. The van der Waals surface area contributed by atoms with Gasteiger partial charge in [-0.1, -0.05) is 23.7 Å². The zero-order valence-electron chi connectivity index (χ0n) is 13.4. The fourth-order valence-electron chi connectivity index (χ4n) is 2.11. The Bertz CT molecular complexity index is 626. The van der Waals surface area contributed by atoms with Gasteiger partial charge in [0.2, 0.25) is 0 Å². The van der Waals surface area contributed by atoms with Crippen LogP contribution in [-0.2, 0) is 4.74 Å². The summed E-state index contributed by atoms with van der Waals surface area (Å²) in [5, 5.41) is 2.58. The molecular formula is C17H21Cl2NO2S. The van der Waals surface area contributed by atoms with Crippen molar-refractivity contribution < 1.29 is 9.53 Å². The smallest absolute Gasteiger partial charge is 0.349 e. The predicted octanol–water partition coefficient (Wildman–Crippen LogP) is 4.98. The highest BCUT2D eigenvalue weighted by Gasteiger charge is 2.20. The Morgan fingerprint density at radius 2 is 1.91 bits per heavy atom. The molecule has 0 amide bonds. The number of thiophene rings is 1. The van der Waals surface area contributed by atoms with E-state index in [0.717, 1.165) is 24.1 Å². The first-order valence-corrected chi connectivity index (χ1v) is 8.38. The lowest BCUT2D eigenvalue weighted by atomic mass is 10.1. The summed E-state index contributed by atoms with van der Waals surface area (Å²) in [5.41, 5.74) is 1.92. The molecule has 1 heterocycles. The first-order chi connectivity index (χ1) is 10.5. The van der Waals surface area contributed by atoms with Crippen LogP contribution in [0.4, 0.5) is 0 Å². The molecule has 2 aromatic rings. The molecule has 0 radical (unpaired) electrons. The SMILES string of the molecule is Cc1ccsc1C(=O)OC(CCN(C)C)c1ccc(Cl)cc1.Cl. The minimum Gasteiger partial charge on any atom is -0.453 e. The van der Waals surface area contributed by atoms with E-state index in [0.29, 0.717) is 9.90 Å². The first kappa shape index (κ1) is 20.0. The highest BCUT2D eigenvalue weighted by Crippen LogP contribution is 2.26. The Morgan fingerprint density at radius 1 is 1.26 bits per heavy atom. The molecule has 0 aliphatic carbocycles. The second kappa shape index (κ2) is 9.28. The van der Waals surface area contributed by atoms with Gasteiger partial charge in [-0.05, 0) is 55.7 Å². The molecule has 0 N–H and O–H groups in total. The minimum absolute atomic E-state index is 0. The van der Waals surface area contributed by atoms with Gasteiger partial charge in [0.15, 0.2) is 0 Å². The molecule has 0 saturated carbocycles. The van der Waals surface area contributed by atoms with E-state index in [4.69, 9.17) is 16.3 Å². The standard InChI is InChI=1S/C17H20ClNO2S.ClH/c1-12-9-11-22-16(12)17(20)21-15(8-10-19(2)3)13-4-6-14(18)7-5-13;/h4-7,9,11,15H,8,10H2,1-3H3;1H. The van der Waals surface area contributed by atoms with Crippen LogP contribution in [0.3, 0.4) is 0 Å². The number of hydrogen-bond donors (Lipinski definition) is 0. The van der Waals surface area contributed by atoms with Crippen LogP contribution in [0.1, 0.15) is 33.3 Å². The molecular weight excluding hydrogens is 353 g/mol. The number of aryl methyl sites for hydroxylation is 1. The van der Waals surface area contributed by atoms with Gasteiger partial charge in [0.25, 0.3) is 0 Å². The molecule has 0 bridgehead atoms. The fourth-order valence-corrected chi connectivity index (χ4v) is 3.04. The first-order valence-electron chi connectivity index (χ1n) is 7.12. The highest BCUT2D eigenvalue weighted by atomic mass is 35.5. The van der Waals surface area contributed by atoms with Crippen molar-refractivity contribution in [3.8, 4) is 0 Å². The third-order valence-corrected chi connectivity index (χ3v) is 4.63. The van der Waals surface area contributed by atoms with Gasteiger partial charge in [0, 0.05) is 18.0 Å². The molecule has 1 aromatic carbocycles. The number of rotatable bonds is 6. The second-order valence-electron chi connectivity index (χ2n) is 5.47. The molecule has 0 saturated heterocycles. The van der Waals surface area contributed by atoms with Crippen molar-refractivity contribution in [1.82, 2.24) is 4.90 Å². The van der Waals surface area contributed by atoms with Gasteiger partial charge < -0.3 is 9.64 Å². The topological polar surface area (TPSA) is 29.5 Å². The van der Waals surface area contributed by atoms with Crippen molar-refractivity contribution in [3.05, 3.63) is 56.7 Å². The molecule has 0 fully saturated rings. The van der Waals surface area contributed by atoms with Gasteiger partial charge in [-0.25, -0.2) is 4.79 Å². The van der Waals surface area contributed by atoms with E-state index in [2.05, 4.69) is 4.90 Å². The summed E-state index contributed by atoms with van der Waals surface area (Å²) in [6.45, 7) is 2.76. The van der Waals surface area contributed by atoms with Gasteiger partial charge >= 0.3 is 5.97 Å². The zero-order valence-corrected chi connectivity index (χ0v) is 15.8. The van der Waals surface area contributed by atoms with Crippen LogP contribution in [0.25, 0.3) is 0 Å². The Hall–Kier alpha value is -1.07. The van der Waals surface area contributed by atoms with E-state index in [1.54, 1.807) is 0 Å². The van der Waals surface area contributed by atoms with Gasteiger partial charge in [0.05, 0.1) is 0 Å². The molecule has 1 atom stereocenters. The predicted molar refractivity (Wildman–Crippen MR) is 99.1 cm³/mol. The number of hydrogen-bond acceptors (Lipinski definition) is 4. The van der Waals surface area contributed by atoms with Crippen molar-refractivity contribution in [2.45, 2.75) is 19.4 Å². The number of carbonyl (C=O) groups excluding carboxylic acids is 1. The average molecular weight is 374 g/mol. The van der Waals surface area contributed by atoms with Crippen LogP contribution >= 0.6 is 35.3 Å². The van der Waals surface area contributed by atoms with Crippen LogP contribution in [0.2, 0.25) is 5.02 Å². The van der Waals surface area contributed by atoms with E-state index in [-0.39, 0.29) is 24.5 Å². The summed E-state index contributed by atoms with van der Waals surface area (Å²) >= 11 is 7.35. The maximum atomic E-state index is 12.4. The number of nitrogens with zero attached hydrogens (tertiary/aromatic N) is 1. The normalized spacial score (nSPS) is 11.9. The van der Waals surface area contributed by atoms with Crippen LogP contribution < -0.4 is 0 Å².